The number of urea groups is 1. The fraction of sp³-hybridized carbons (Fsp3) is 0.316. The van der Waals surface area contributed by atoms with E-state index < -0.39 is 42.5 Å². The summed E-state index contributed by atoms with van der Waals surface area (Å²) < 4.78 is 4.86. The molecule has 0 bridgehead atoms. The Bertz CT molecular complexity index is 967. The Morgan fingerprint density at radius 2 is 1.93 bits per heavy atom. The number of aromatic nitrogens is 1. The summed E-state index contributed by atoms with van der Waals surface area (Å²) in [7, 11) is 0. The molecule has 0 atom stereocenters. The minimum absolute atomic E-state index is 0.373. The van der Waals surface area contributed by atoms with Crippen LogP contribution in [-0.2, 0) is 19.1 Å². The van der Waals surface area contributed by atoms with Gasteiger partial charge < -0.3 is 10.1 Å². The van der Waals surface area contributed by atoms with Crippen molar-refractivity contribution in [1.29, 1.82) is 0 Å². The first-order chi connectivity index (χ1) is 13.7. The van der Waals surface area contributed by atoms with Crippen molar-refractivity contribution in [2.45, 2.75) is 26.3 Å². The van der Waals surface area contributed by atoms with Gasteiger partial charge in [-0.05, 0) is 20.8 Å². The van der Waals surface area contributed by atoms with Gasteiger partial charge in [-0.2, -0.15) is 0 Å². The summed E-state index contributed by atoms with van der Waals surface area (Å²) in [5, 5.41) is 7.20. The van der Waals surface area contributed by atoms with Gasteiger partial charge in [0.1, 0.15) is 12.1 Å². The van der Waals surface area contributed by atoms with Gasteiger partial charge in [-0.1, -0.05) is 29.8 Å². The molecule has 0 aliphatic carbocycles. The topological polar surface area (TPSA) is 118 Å². The lowest BCUT2D eigenvalue weighted by Crippen LogP contribution is -2.41. The van der Waals surface area contributed by atoms with Crippen LogP contribution in [0.3, 0.4) is 0 Å². The molecule has 1 aliphatic heterocycles. The number of nitrogens with one attached hydrogen (secondary N) is 2. The van der Waals surface area contributed by atoms with Crippen LogP contribution in [0.15, 0.2) is 29.6 Å². The predicted molar refractivity (Wildman–Crippen MR) is 106 cm³/mol. The van der Waals surface area contributed by atoms with Gasteiger partial charge in [0.15, 0.2) is 11.7 Å². The Morgan fingerprint density at radius 1 is 1.24 bits per heavy atom. The Balaban J connectivity index is 1.49. The van der Waals surface area contributed by atoms with Crippen LogP contribution in [0.4, 0.5) is 9.93 Å². The number of rotatable bonds is 6. The molecule has 0 radical (unpaired) electrons. The van der Waals surface area contributed by atoms with E-state index in [1.807, 2.05) is 36.6 Å². The molecular formula is C19H20N4O5S. The summed E-state index contributed by atoms with van der Waals surface area (Å²) in [6.07, 6.45) is 0. The SMILES string of the molecule is Cc1ccc(-c2csc(NC(=O)COC(=O)CN3C(=O)NC(C)(C)C3=O)n2)cc1. The van der Waals surface area contributed by atoms with Gasteiger partial charge in [-0.3, -0.25) is 24.6 Å². The maximum absolute atomic E-state index is 12.0. The fourth-order valence-corrected chi connectivity index (χ4v) is 3.36. The molecule has 2 heterocycles. The second kappa shape index (κ2) is 8.00. The van der Waals surface area contributed by atoms with E-state index in [9.17, 15) is 19.2 Å². The number of aryl methyl sites for hydroxylation is 1. The molecular weight excluding hydrogens is 396 g/mol. The van der Waals surface area contributed by atoms with Crippen LogP contribution in [0, 0.1) is 6.92 Å². The molecule has 4 amide bonds. The largest absolute Gasteiger partial charge is 0.454 e. The fourth-order valence-electron chi connectivity index (χ4n) is 2.63. The predicted octanol–water partition coefficient (Wildman–Crippen LogP) is 1.93. The molecule has 152 valence electrons. The molecule has 1 aliphatic rings. The van der Waals surface area contributed by atoms with E-state index in [4.69, 9.17) is 4.74 Å². The second-order valence-electron chi connectivity index (χ2n) is 7.06. The van der Waals surface area contributed by atoms with Crippen molar-refractivity contribution < 1.29 is 23.9 Å². The minimum Gasteiger partial charge on any atom is -0.454 e. The van der Waals surface area contributed by atoms with E-state index in [0.717, 1.165) is 21.7 Å². The van der Waals surface area contributed by atoms with E-state index in [1.54, 1.807) is 0 Å². The average Bonchev–Trinajstić information content (AvgIpc) is 3.19. The van der Waals surface area contributed by atoms with Crippen molar-refractivity contribution in [3.63, 3.8) is 0 Å². The summed E-state index contributed by atoms with van der Waals surface area (Å²) in [4.78, 5) is 52.8. The quantitative estimate of drug-likeness (QED) is 0.549. The highest BCUT2D eigenvalue weighted by Crippen LogP contribution is 2.25. The van der Waals surface area contributed by atoms with E-state index in [0.29, 0.717) is 5.13 Å². The van der Waals surface area contributed by atoms with Crippen LogP contribution in [0.2, 0.25) is 0 Å². The molecule has 2 N–H and O–H groups in total. The van der Waals surface area contributed by atoms with Crippen LogP contribution in [0.25, 0.3) is 11.3 Å². The summed E-state index contributed by atoms with van der Waals surface area (Å²) in [5.74, 6) is -1.96. The van der Waals surface area contributed by atoms with Crippen LogP contribution in [0.1, 0.15) is 19.4 Å². The Kier molecular flexibility index (Phi) is 5.64. The molecule has 1 aromatic carbocycles. The molecule has 1 aromatic heterocycles. The van der Waals surface area contributed by atoms with Crippen molar-refractivity contribution in [3.8, 4) is 11.3 Å². The molecule has 1 fully saturated rings. The van der Waals surface area contributed by atoms with Gasteiger partial charge >= 0.3 is 12.0 Å². The number of carbonyl (C=O) groups is 4. The summed E-state index contributed by atoms with van der Waals surface area (Å²) >= 11 is 1.25. The van der Waals surface area contributed by atoms with Gasteiger partial charge in [0, 0.05) is 10.9 Å². The summed E-state index contributed by atoms with van der Waals surface area (Å²) in [6.45, 7) is 3.95. The van der Waals surface area contributed by atoms with Crippen molar-refractivity contribution in [2.24, 2.45) is 0 Å². The van der Waals surface area contributed by atoms with Crippen molar-refractivity contribution in [3.05, 3.63) is 35.2 Å². The molecule has 1 saturated heterocycles. The number of carbonyl (C=O) groups excluding carboxylic acids is 4. The number of hydrogen-bond donors (Lipinski definition) is 2. The first-order valence-corrected chi connectivity index (χ1v) is 9.66. The molecule has 0 unspecified atom stereocenters. The maximum atomic E-state index is 12.0. The average molecular weight is 416 g/mol. The maximum Gasteiger partial charge on any atom is 0.326 e. The molecule has 0 saturated carbocycles. The molecule has 10 heteroatoms. The first kappa shape index (κ1) is 20.5. The number of benzene rings is 1. The van der Waals surface area contributed by atoms with Crippen LogP contribution in [-0.4, -0.2) is 52.4 Å². The van der Waals surface area contributed by atoms with E-state index in [1.165, 1.54) is 25.2 Å². The third-order valence-corrected chi connectivity index (χ3v) is 4.95. The van der Waals surface area contributed by atoms with Crippen molar-refractivity contribution >= 4 is 40.3 Å². The number of amides is 4. The third-order valence-electron chi connectivity index (χ3n) is 4.19. The lowest BCUT2D eigenvalue weighted by atomic mass is 10.1. The summed E-state index contributed by atoms with van der Waals surface area (Å²) in [6, 6.07) is 7.15. The smallest absolute Gasteiger partial charge is 0.326 e. The number of esters is 1. The van der Waals surface area contributed by atoms with E-state index in [-0.39, 0.29) is 0 Å². The Labute approximate surface area is 171 Å². The zero-order valence-electron chi connectivity index (χ0n) is 16.1. The highest BCUT2D eigenvalue weighted by Gasteiger charge is 2.45. The van der Waals surface area contributed by atoms with Gasteiger partial charge in [0.25, 0.3) is 11.8 Å². The highest BCUT2D eigenvalue weighted by atomic mass is 32.1. The number of anilines is 1. The molecule has 29 heavy (non-hydrogen) atoms. The lowest BCUT2D eigenvalue weighted by Gasteiger charge is -2.15. The molecule has 3 rings (SSSR count). The van der Waals surface area contributed by atoms with Crippen LogP contribution >= 0.6 is 11.3 Å². The number of hydrogen-bond acceptors (Lipinski definition) is 7. The number of nitrogens with zero attached hydrogens (tertiary/aromatic N) is 2. The minimum atomic E-state index is -1.07. The van der Waals surface area contributed by atoms with E-state index in [2.05, 4.69) is 15.6 Å². The highest BCUT2D eigenvalue weighted by molar-refractivity contribution is 7.14. The van der Waals surface area contributed by atoms with Gasteiger partial charge in [-0.25, -0.2) is 9.78 Å². The van der Waals surface area contributed by atoms with Crippen LogP contribution in [0.5, 0.6) is 0 Å². The van der Waals surface area contributed by atoms with Crippen molar-refractivity contribution in [2.75, 3.05) is 18.5 Å². The standard InChI is InChI=1S/C19H20N4O5S/c1-11-4-6-12(7-5-11)13-10-29-17(20-13)21-14(24)9-28-15(25)8-23-16(26)19(2,3)22-18(23)27/h4-7,10H,8-9H2,1-3H3,(H,22,27)(H,20,21,24). The number of imide groups is 1. The van der Waals surface area contributed by atoms with Gasteiger partial charge in [0.05, 0.1) is 5.69 Å². The number of thiazole rings is 1. The molecule has 2 aromatic rings. The van der Waals surface area contributed by atoms with Crippen molar-refractivity contribution in [1.82, 2.24) is 15.2 Å². The second-order valence-corrected chi connectivity index (χ2v) is 7.92. The normalized spacial score (nSPS) is 15.2. The zero-order chi connectivity index (χ0) is 21.2. The monoisotopic (exact) mass is 416 g/mol. The summed E-state index contributed by atoms with van der Waals surface area (Å²) in [5.41, 5.74) is 1.71. The first-order valence-electron chi connectivity index (χ1n) is 8.78. The third kappa shape index (κ3) is 4.77. The van der Waals surface area contributed by atoms with Crippen LogP contribution < -0.4 is 10.6 Å². The van der Waals surface area contributed by atoms with Gasteiger partial charge in [0.2, 0.25) is 0 Å². The zero-order valence-corrected chi connectivity index (χ0v) is 17.0. The molecule has 9 nitrogen and oxygen atoms in total. The lowest BCUT2D eigenvalue weighted by molar-refractivity contribution is -0.150. The Hall–Kier alpha value is -3.27. The Morgan fingerprint density at radius 3 is 2.55 bits per heavy atom. The molecule has 0 spiro atoms. The number of ether oxygens (including phenoxy) is 1. The van der Waals surface area contributed by atoms with E-state index >= 15 is 0 Å². The van der Waals surface area contributed by atoms with Gasteiger partial charge in [-0.15, -0.1) is 11.3 Å².